The van der Waals surface area contributed by atoms with Gasteiger partial charge in [0.05, 0.1) is 6.61 Å². The highest BCUT2D eigenvalue weighted by Gasteiger charge is 2.44. The molecule has 32 heavy (non-hydrogen) atoms. The van der Waals surface area contributed by atoms with Gasteiger partial charge >= 0.3 is 6.09 Å². The summed E-state index contributed by atoms with van der Waals surface area (Å²) in [4.78, 5) is 24.6. The molecule has 2 amide bonds. The Hall–Kier alpha value is -2.24. The van der Waals surface area contributed by atoms with E-state index in [-0.39, 0.29) is 31.4 Å². The predicted molar refractivity (Wildman–Crippen MR) is 114 cm³/mol. The summed E-state index contributed by atoms with van der Waals surface area (Å²) >= 11 is 0. The van der Waals surface area contributed by atoms with Crippen molar-refractivity contribution < 1.29 is 39.5 Å². The molecule has 0 unspecified atom stereocenters. The van der Waals surface area contributed by atoms with E-state index in [1.54, 1.807) is 0 Å². The van der Waals surface area contributed by atoms with Crippen molar-refractivity contribution >= 4 is 12.0 Å². The van der Waals surface area contributed by atoms with Crippen molar-refractivity contribution in [3.05, 3.63) is 35.9 Å². The third-order valence-electron chi connectivity index (χ3n) is 5.25. The maximum Gasteiger partial charge on any atom is 0.407 e. The highest BCUT2D eigenvalue weighted by Crippen LogP contribution is 2.21. The van der Waals surface area contributed by atoms with Gasteiger partial charge in [0.25, 0.3) is 0 Å². The average Bonchev–Trinajstić information content (AvgIpc) is 2.76. The summed E-state index contributed by atoms with van der Waals surface area (Å²) in [7, 11) is 0. The van der Waals surface area contributed by atoms with Crippen LogP contribution >= 0.6 is 0 Å². The monoisotopic (exact) mass is 454 g/mol. The second kappa shape index (κ2) is 12.7. The standard InChI is InChI=1S/C22H34N2O8/c1-13(2)8-15(10-23-22(30)31-12-14-6-4-3-5-7-14)9-17(26)24-18-20(28)19(27)16(11-25)32-21(18)29/h3-7,13,15-16,18-21,25,27-29H,8-12H2,1-2H3,(H,23,30)(H,24,26)/t15-,16+,18-,19+,20+,21-/m0/s1. The third kappa shape index (κ3) is 8.03. The van der Waals surface area contributed by atoms with E-state index in [0.29, 0.717) is 6.42 Å². The van der Waals surface area contributed by atoms with Gasteiger partial charge in [-0.3, -0.25) is 4.79 Å². The first kappa shape index (κ1) is 26.0. The highest BCUT2D eigenvalue weighted by molar-refractivity contribution is 5.76. The molecule has 6 N–H and O–H groups in total. The van der Waals surface area contributed by atoms with Gasteiger partial charge in [-0.05, 0) is 23.8 Å². The quantitative estimate of drug-likeness (QED) is 0.286. The van der Waals surface area contributed by atoms with Crippen LogP contribution in [-0.2, 0) is 20.9 Å². The summed E-state index contributed by atoms with van der Waals surface area (Å²) in [5, 5.41) is 44.5. The van der Waals surface area contributed by atoms with Gasteiger partial charge in [0.15, 0.2) is 6.29 Å². The number of hydrogen-bond acceptors (Lipinski definition) is 8. The van der Waals surface area contributed by atoms with Crippen LogP contribution in [0, 0.1) is 11.8 Å². The van der Waals surface area contributed by atoms with Crippen LogP contribution in [-0.4, -0.2) is 76.2 Å². The van der Waals surface area contributed by atoms with Crippen LogP contribution in [0.4, 0.5) is 4.79 Å². The Balaban J connectivity index is 1.85. The third-order valence-corrected chi connectivity index (χ3v) is 5.25. The molecule has 0 aliphatic carbocycles. The minimum Gasteiger partial charge on any atom is -0.445 e. The van der Waals surface area contributed by atoms with E-state index in [0.717, 1.165) is 5.56 Å². The van der Waals surface area contributed by atoms with Crippen LogP contribution in [0.15, 0.2) is 30.3 Å². The molecular weight excluding hydrogens is 420 g/mol. The predicted octanol–water partition coefficient (Wildman–Crippen LogP) is -0.119. The van der Waals surface area contributed by atoms with Crippen LogP contribution in [0.25, 0.3) is 0 Å². The molecule has 1 fully saturated rings. The van der Waals surface area contributed by atoms with Crippen molar-refractivity contribution in [2.24, 2.45) is 11.8 Å². The molecule has 1 saturated heterocycles. The van der Waals surface area contributed by atoms with Gasteiger partial charge in [-0.15, -0.1) is 0 Å². The number of benzene rings is 1. The fourth-order valence-electron chi connectivity index (χ4n) is 3.67. The largest absolute Gasteiger partial charge is 0.445 e. The lowest BCUT2D eigenvalue weighted by atomic mass is 9.92. The first-order valence-corrected chi connectivity index (χ1v) is 10.8. The second-order valence-electron chi connectivity index (χ2n) is 8.46. The Morgan fingerprint density at radius 3 is 2.44 bits per heavy atom. The van der Waals surface area contributed by atoms with Crippen molar-refractivity contribution in [3.8, 4) is 0 Å². The number of carbonyl (C=O) groups is 2. The molecule has 0 spiro atoms. The summed E-state index contributed by atoms with van der Waals surface area (Å²) in [5.74, 6) is -0.430. The van der Waals surface area contributed by atoms with Gasteiger partial charge in [-0.1, -0.05) is 44.2 Å². The summed E-state index contributed by atoms with van der Waals surface area (Å²) in [6.45, 7) is 3.74. The van der Waals surface area contributed by atoms with Crippen molar-refractivity contribution in [1.82, 2.24) is 10.6 Å². The van der Waals surface area contributed by atoms with E-state index in [2.05, 4.69) is 10.6 Å². The number of ether oxygens (including phenoxy) is 2. The fourth-order valence-corrected chi connectivity index (χ4v) is 3.67. The molecule has 6 atom stereocenters. The van der Waals surface area contributed by atoms with Gasteiger partial charge in [-0.25, -0.2) is 4.79 Å². The smallest absolute Gasteiger partial charge is 0.407 e. The molecule has 1 aromatic carbocycles. The first-order chi connectivity index (χ1) is 15.2. The zero-order valence-electron chi connectivity index (χ0n) is 18.4. The van der Waals surface area contributed by atoms with Crippen molar-refractivity contribution in [1.29, 1.82) is 0 Å². The fraction of sp³-hybridized carbons (Fsp3) is 0.636. The van der Waals surface area contributed by atoms with Crippen LogP contribution in [0.5, 0.6) is 0 Å². The van der Waals surface area contributed by atoms with E-state index in [1.807, 2.05) is 44.2 Å². The van der Waals surface area contributed by atoms with Crippen LogP contribution in [0.3, 0.4) is 0 Å². The zero-order chi connectivity index (χ0) is 23.7. The van der Waals surface area contributed by atoms with E-state index < -0.39 is 49.3 Å². The lowest BCUT2D eigenvalue weighted by Gasteiger charge is -2.40. The minimum absolute atomic E-state index is 0.0204. The zero-order valence-corrected chi connectivity index (χ0v) is 18.4. The molecule has 10 nitrogen and oxygen atoms in total. The molecule has 1 aromatic rings. The van der Waals surface area contributed by atoms with Crippen molar-refractivity contribution in [3.63, 3.8) is 0 Å². The summed E-state index contributed by atoms with van der Waals surface area (Å²) in [5.41, 5.74) is 0.859. The molecule has 2 rings (SSSR count). The maximum absolute atomic E-state index is 12.5. The first-order valence-electron chi connectivity index (χ1n) is 10.8. The van der Waals surface area contributed by atoms with Crippen LogP contribution in [0.2, 0.25) is 0 Å². The van der Waals surface area contributed by atoms with Crippen molar-refractivity contribution in [2.75, 3.05) is 13.2 Å². The van der Waals surface area contributed by atoms with E-state index >= 15 is 0 Å². The van der Waals surface area contributed by atoms with Crippen molar-refractivity contribution in [2.45, 2.75) is 63.9 Å². The number of carbonyl (C=O) groups excluding carboxylic acids is 2. The summed E-state index contributed by atoms with van der Waals surface area (Å²) in [6, 6.07) is 8.01. The lowest BCUT2D eigenvalue weighted by molar-refractivity contribution is -0.253. The highest BCUT2D eigenvalue weighted by atomic mass is 16.6. The lowest BCUT2D eigenvalue weighted by Crippen LogP contribution is -2.64. The van der Waals surface area contributed by atoms with Gasteiger partial charge < -0.3 is 40.5 Å². The number of rotatable bonds is 10. The molecule has 10 heteroatoms. The molecular formula is C22H34N2O8. The Morgan fingerprint density at radius 1 is 1.12 bits per heavy atom. The molecule has 180 valence electrons. The topological polar surface area (TPSA) is 158 Å². The molecule has 0 aromatic heterocycles. The molecule has 0 radical (unpaired) electrons. The van der Waals surface area contributed by atoms with Gasteiger partial charge in [-0.2, -0.15) is 0 Å². The maximum atomic E-state index is 12.5. The second-order valence-corrected chi connectivity index (χ2v) is 8.46. The minimum atomic E-state index is -1.58. The Kier molecular flexibility index (Phi) is 10.3. The van der Waals surface area contributed by atoms with E-state index in [1.165, 1.54) is 0 Å². The molecule has 0 bridgehead atoms. The number of nitrogens with one attached hydrogen (secondary N) is 2. The number of hydrogen-bond donors (Lipinski definition) is 6. The van der Waals surface area contributed by atoms with Gasteiger partial charge in [0.1, 0.15) is 31.0 Å². The number of alkyl carbamates (subject to hydrolysis) is 1. The summed E-state index contributed by atoms with van der Waals surface area (Å²) in [6.07, 6.45) is -5.61. The van der Waals surface area contributed by atoms with E-state index in [4.69, 9.17) is 14.6 Å². The molecule has 1 aliphatic heterocycles. The molecule has 0 saturated carbocycles. The van der Waals surface area contributed by atoms with Gasteiger partial charge in [0.2, 0.25) is 5.91 Å². The molecule has 1 aliphatic rings. The Labute approximate surface area is 187 Å². The molecule has 1 heterocycles. The van der Waals surface area contributed by atoms with Gasteiger partial charge in [0, 0.05) is 13.0 Å². The average molecular weight is 455 g/mol. The normalized spacial score (nSPS) is 26.4. The Bertz CT molecular complexity index is 717. The number of amides is 2. The van der Waals surface area contributed by atoms with Crippen LogP contribution in [0.1, 0.15) is 32.3 Å². The number of aliphatic hydroxyl groups excluding tert-OH is 4. The number of aliphatic hydroxyl groups is 4. The Morgan fingerprint density at radius 2 is 1.81 bits per heavy atom. The SMILES string of the molecule is CC(C)C[C@H](CNC(=O)OCc1ccccc1)CC(=O)N[C@H]1[C@@H](O)[C@H](O)[C@@H](CO)O[C@@H]1O. The van der Waals surface area contributed by atoms with Crippen LogP contribution < -0.4 is 10.6 Å². The van der Waals surface area contributed by atoms with E-state index in [9.17, 15) is 24.9 Å². The summed E-state index contributed by atoms with van der Waals surface area (Å²) < 4.78 is 10.2.